The van der Waals surface area contributed by atoms with Crippen molar-refractivity contribution in [3.63, 3.8) is 0 Å². The average molecular weight is 429 g/mol. The highest BCUT2D eigenvalue weighted by atomic mass is 32.1. The Labute approximate surface area is 177 Å². The maximum atomic E-state index is 12.3. The summed E-state index contributed by atoms with van der Waals surface area (Å²) in [6.45, 7) is 0.321. The first kappa shape index (κ1) is 20.9. The number of thiophene rings is 2. The predicted octanol–water partition coefficient (Wildman–Crippen LogP) is 3.78. The highest BCUT2D eigenvalue weighted by Gasteiger charge is 2.19. The van der Waals surface area contributed by atoms with Gasteiger partial charge in [-0.25, -0.2) is 0 Å². The molecule has 0 spiro atoms. The van der Waals surface area contributed by atoms with Crippen LogP contribution in [0.25, 0.3) is 9.75 Å². The van der Waals surface area contributed by atoms with Crippen LogP contribution in [0.5, 0.6) is 11.5 Å². The summed E-state index contributed by atoms with van der Waals surface area (Å²) in [4.78, 5) is 15.1. The summed E-state index contributed by atoms with van der Waals surface area (Å²) in [5.41, 5.74) is 0.942. The SMILES string of the molecule is COc1cc(CCNC(=O)C(O)c2ccc(-c3cccs3)s2)ccc1OCC#N. The highest BCUT2D eigenvalue weighted by molar-refractivity contribution is 7.21. The van der Waals surface area contributed by atoms with E-state index in [0.29, 0.717) is 29.3 Å². The molecule has 3 rings (SSSR count). The molecule has 0 bridgehead atoms. The molecule has 3 aromatic rings. The zero-order valence-electron chi connectivity index (χ0n) is 15.8. The maximum Gasteiger partial charge on any atom is 0.254 e. The Kier molecular flexibility index (Phi) is 7.25. The van der Waals surface area contributed by atoms with Crippen molar-refractivity contribution in [1.82, 2.24) is 5.32 Å². The number of benzene rings is 1. The molecule has 1 atom stereocenters. The molecule has 1 amide bonds. The minimum absolute atomic E-state index is 0.0550. The van der Waals surface area contributed by atoms with Crippen molar-refractivity contribution < 1.29 is 19.4 Å². The standard InChI is InChI=1S/C21H20N2O4S2/c1-26-16-13-14(4-5-15(16)27-11-9-22)8-10-23-21(25)20(24)19-7-6-18(29-19)17-3-2-12-28-17/h2-7,12-13,20,24H,8,10-11H2,1H3,(H,23,25). The van der Waals surface area contributed by atoms with Gasteiger partial charge in [0.25, 0.3) is 5.91 Å². The van der Waals surface area contributed by atoms with Crippen molar-refractivity contribution in [3.8, 4) is 27.3 Å². The fourth-order valence-electron chi connectivity index (χ4n) is 2.70. The maximum absolute atomic E-state index is 12.3. The fraction of sp³-hybridized carbons (Fsp3) is 0.238. The van der Waals surface area contributed by atoms with Crippen LogP contribution >= 0.6 is 22.7 Å². The van der Waals surface area contributed by atoms with Gasteiger partial charge < -0.3 is 19.9 Å². The van der Waals surface area contributed by atoms with Gasteiger partial charge in [0, 0.05) is 21.2 Å². The van der Waals surface area contributed by atoms with Gasteiger partial charge in [-0.1, -0.05) is 12.1 Å². The molecule has 0 aliphatic heterocycles. The average Bonchev–Trinajstić information content (AvgIpc) is 3.43. The van der Waals surface area contributed by atoms with E-state index < -0.39 is 12.0 Å². The third-order valence-corrected chi connectivity index (χ3v) is 6.35. The predicted molar refractivity (Wildman–Crippen MR) is 113 cm³/mol. The molecule has 0 aliphatic rings. The summed E-state index contributed by atoms with van der Waals surface area (Å²) < 4.78 is 10.6. The molecule has 0 fully saturated rings. The second-order valence-electron chi connectivity index (χ2n) is 6.05. The van der Waals surface area contributed by atoms with Gasteiger partial charge in [-0.3, -0.25) is 4.79 Å². The molecule has 6 nitrogen and oxygen atoms in total. The molecule has 1 aromatic carbocycles. The van der Waals surface area contributed by atoms with E-state index in [0.717, 1.165) is 15.3 Å². The largest absolute Gasteiger partial charge is 0.493 e. The van der Waals surface area contributed by atoms with Gasteiger partial charge in [-0.2, -0.15) is 5.26 Å². The second-order valence-corrected chi connectivity index (χ2v) is 8.12. The topological polar surface area (TPSA) is 91.6 Å². The fourth-order valence-corrected chi connectivity index (χ4v) is 4.53. The van der Waals surface area contributed by atoms with E-state index in [1.165, 1.54) is 18.4 Å². The van der Waals surface area contributed by atoms with E-state index in [-0.39, 0.29) is 6.61 Å². The first-order valence-corrected chi connectivity index (χ1v) is 10.6. The number of hydrogen-bond donors (Lipinski definition) is 2. The zero-order valence-corrected chi connectivity index (χ0v) is 17.4. The number of nitrogens with one attached hydrogen (secondary N) is 1. The lowest BCUT2D eigenvalue weighted by Crippen LogP contribution is -2.30. The molecular formula is C21H20N2O4S2. The molecular weight excluding hydrogens is 408 g/mol. The number of amides is 1. The second kappa shape index (κ2) is 10.1. The molecule has 2 heterocycles. The normalized spacial score (nSPS) is 11.5. The van der Waals surface area contributed by atoms with Crippen LogP contribution in [0, 0.1) is 11.3 Å². The number of hydrogen-bond acceptors (Lipinski definition) is 7. The molecule has 29 heavy (non-hydrogen) atoms. The Hall–Kier alpha value is -2.86. The van der Waals surface area contributed by atoms with Crippen LogP contribution in [0.2, 0.25) is 0 Å². The van der Waals surface area contributed by atoms with E-state index >= 15 is 0 Å². The van der Waals surface area contributed by atoms with Crippen molar-refractivity contribution in [3.05, 3.63) is 58.3 Å². The van der Waals surface area contributed by atoms with E-state index in [9.17, 15) is 9.90 Å². The van der Waals surface area contributed by atoms with Gasteiger partial charge in [-0.05, 0) is 47.7 Å². The summed E-state index contributed by atoms with van der Waals surface area (Å²) in [6, 6.07) is 15.0. The Morgan fingerprint density at radius 3 is 2.83 bits per heavy atom. The summed E-state index contributed by atoms with van der Waals surface area (Å²) in [6.07, 6.45) is -0.622. The number of aliphatic hydroxyl groups is 1. The molecule has 0 saturated carbocycles. The number of nitrogens with zero attached hydrogens (tertiary/aromatic N) is 1. The highest BCUT2D eigenvalue weighted by Crippen LogP contribution is 2.34. The molecule has 0 aliphatic carbocycles. The summed E-state index contributed by atoms with van der Waals surface area (Å²) in [5.74, 6) is 0.603. The van der Waals surface area contributed by atoms with Gasteiger partial charge >= 0.3 is 0 Å². The number of aliphatic hydroxyl groups excluding tert-OH is 1. The van der Waals surface area contributed by atoms with Gasteiger partial charge in [0.05, 0.1) is 7.11 Å². The van der Waals surface area contributed by atoms with Crippen molar-refractivity contribution in [2.24, 2.45) is 0 Å². The van der Waals surface area contributed by atoms with Gasteiger partial charge in [0.2, 0.25) is 0 Å². The van der Waals surface area contributed by atoms with Crippen molar-refractivity contribution in [2.45, 2.75) is 12.5 Å². The molecule has 8 heteroatoms. The van der Waals surface area contributed by atoms with Crippen molar-refractivity contribution >= 4 is 28.6 Å². The van der Waals surface area contributed by atoms with Crippen LogP contribution < -0.4 is 14.8 Å². The van der Waals surface area contributed by atoms with E-state index in [1.54, 1.807) is 23.5 Å². The third-order valence-electron chi connectivity index (χ3n) is 4.14. The minimum atomic E-state index is -1.19. The van der Waals surface area contributed by atoms with Crippen molar-refractivity contribution in [1.29, 1.82) is 5.26 Å². The van der Waals surface area contributed by atoms with Crippen LogP contribution in [-0.2, 0) is 11.2 Å². The number of rotatable bonds is 9. The van der Waals surface area contributed by atoms with E-state index in [4.69, 9.17) is 14.7 Å². The Bertz CT molecular complexity index is 993. The Morgan fingerprint density at radius 2 is 2.10 bits per heavy atom. The lowest BCUT2D eigenvalue weighted by molar-refractivity contribution is -0.129. The summed E-state index contributed by atoms with van der Waals surface area (Å²) >= 11 is 3.04. The number of carbonyl (C=O) groups is 1. The quantitative estimate of drug-likeness (QED) is 0.541. The van der Waals surface area contributed by atoms with Gasteiger partial charge in [-0.15, -0.1) is 22.7 Å². The van der Waals surface area contributed by atoms with Gasteiger partial charge in [0.1, 0.15) is 6.07 Å². The number of carbonyl (C=O) groups excluding carboxylic acids is 1. The number of nitriles is 1. The summed E-state index contributed by atoms with van der Waals surface area (Å²) in [7, 11) is 1.53. The van der Waals surface area contributed by atoms with E-state index in [1.807, 2.05) is 41.8 Å². The first-order valence-electron chi connectivity index (χ1n) is 8.88. The molecule has 1 unspecified atom stereocenters. The molecule has 2 N–H and O–H groups in total. The van der Waals surface area contributed by atoms with Gasteiger partial charge in [0.15, 0.2) is 24.2 Å². The van der Waals surface area contributed by atoms with Crippen molar-refractivity contribution in [2.75, 3.05) is 20.3 Å². The van der Waals surface area contributed by atoms with Crippen LogP contribution in [0.3, 0.4) is 0 Å². The van der Waals surface area contributed by atoms with Crippen LogP contribution in [-0.4, -0.2) is 31.3 Å². The first-order chi connectivity index (χ1) is 14.1. The monoisotopic (exact) mass is 428 g/mol. The van der Waals surface area contributed by atoms with Crippen LogP contribution in [0.15, 0.2) is 47.8 Å². The Morgan fingerprint density at radius 1 is 1.24 bits per heavy atom. The summed E-state index contributed by atoms with van der Waals surface area (Å²) in [5, 5.41) is 23.7. The molecule has 150 valence electrons. The lowest BCUT2D eigenvalue weighted by Gasteiger charge is -2.12. The third kappa shape index (κ3) is 5.35. The van der Waals surface area contributed by atoms with Crippen LogP contribution in [0.4, 0.5) is 0 Å². The molecule has 0 radical (unpaired) electrons. The molecule has 2 aromatic heterocycles. The smallest absolute Gasteiger partial charge is 0.254 e. The number of methoxy groups -OCH3 is 1. The Balaban J connectivity index is 1.53. The molecule has 0 saturated heterocycles. The zero-order chi connectivity index (χ0) is 20.6. The lowest BCUT2D eigenvalue weighted by atomic mass is 10.1. The van der Waals surface area contributed by atoms with E-state index in [2.05, 4.69) is 5.32 Å². The number of ether oxygens (including phenoxy) is 2. The van der Waals surface area contributed by atoms with Crippen LogP contribution in [0.1, 0.15) is 16.5 Å². The minimum Gasteiger partial charge on any atom is -0.493 e.